The van der Waals surface area contributed by atoms with E-state index in [4.69, 9.17) is 13.6 Å². The number of aromatic nitrogens is 5. The Balaban J connectivity index is 1.15. The molecule has 6 rings (SSSR count). The highest BCUT2D eigenvalue weighted by molar-refractivity contribution is 5.81. The molecule has 45 heavy (non-hydrogen) atoms. The fourth-order valence-electron chi connectivity index (χ4n) is 4.88. The molecule has 1 aromatic carbocycles. The minimum atomic E-state index is -2.89. The number of amides is 1. The van der Waals surface area contributed by atoms with Gasteiger partial charge in [0.2, 0.25) is 5.89 Å². The summed E-state index contributed by atoms with van der Waals surface area (Å²) in [5.41, 5.74) is 1.30. The van der Waals surface area contributed by atoms with Gasteiger partial charge in [0, 0.05) is 55.8 Å². The second kappa shape index (κ2) is 11.7. The zero-order valence-corrected chi connectivity index (χ0v) is 24.5. The summed E-state index contributed by atoms with van der Waals surface area (Å²) in [4.78, 5) is 37.5. The molecule has 234 valence electrons. The van der Waals surface area contributed by atoms with Gasteiger partial charge in [-0.25, -0.2) is 19.0 Å². The van der Waals surface area contributed by atoms with Crippen molar-refractivity contribution in [1.82, 2.24) is 29.6 Å². The molecule has 0 atom stereocenters. The minimum absolute atomic E-state index is 0.0333. The number of alkyl halides is 2. The molecule has 0 bridgehead atoms. The molecule has 1 fully saturated rings. The van der Waals surface area contributed by atoms with Crippen molar-refractivity contribution in [3.05, 3.63) is 76.7 Å². The highest BCUT2D eigenvalue weighted by Crippen LogP contribution is 2.29. The van der Waals surface area contributed by atoms with Crippen molar-refractivity contribution in [1.29, 1.82) is 0 Å². The van der Waals surface area contributed by atoms with Crippen LogP contribution in [-0.4, -0.2) is 67.5 Å². The number of rotatable bonds is 6. The number of fused-ring (bicyclic) bond motifs is 1. The van der Waals surface area contributed by atoms with Crippen LogP contribution in [-0.2, 0) is 11.3 Å². The van der Waals surface area contributed by atoms with Crippen LogP contribution >= 0.6 is 0 Å². The van der Waals surface area contributed by atoms with E-state index in [9.17, 15) is 18.4 Å². The van der Waals surface area contributed by atoms with Crippen molar-refractivity contribution in [2.45, 2.75) is 39.3 Å². The van der Waals surface area contributed by atoms with Gasteiger partial charge in [0.1, 0.15) is 17.2 Å². The maximum atomic E-state index is 15.4. The van der Waals surface area contributed by atoms with Gasteiger partial charge >= 0.3 is 18.3 Å². The Labute approximate surface area is 254 Å². The number of carbonyl (C=O) groups is 1. The number of hydrogen-bond acceptors (Lipinski definition) is 10. The summed E-state index contributed by atoms with van der Waals surface area (Å²) in [6.07, 6.45) is -0.342. The molecule has 5 heterocycles. The smallest absolute Gasteiger partial charge is 0.420 e. The first-order valence-corrected chi connectivity index (χ1v) is 14.0. The van der Waals surface area contributed by atoms with Crippen molar-refractivity contribution in [2.24, 2.45) is 0 Å². The van der Waals surface area contributed by atoms with Crippen molar-refractivity contribution in [3.8, 4) is 22.6 Å². The Morgan fingerprint density at radius 1 is 0.978 bits per heavy atom. The molecule has 5 aromatic rings. The van der Waals surface area contributed by atoms with E-state index in [0.29, 0.717) is 48.8 Å². The Hall–Kier alpha value is -5.21. The predicted molar refractivity (Wildman–Crippen MR) is 155 cm³/mol. The molecule has 12 nitrogen and oxygen atoms in total. The molecule has 4 aromatic heterocycles. The van der Waals surface area contributed by atoms with Gasteiger partial charge in [0.25, 0.3) is 5.89 Å². The summed E-state index contributed by atoms with van der Waals surface area (Å²) in [7, 11) is 0. The average Bonchev–Trinajstić information content (AvgIpc) is 3.62. The number of pyridine rings is 2. The van der Waals surface area contributed by atoms with Crippen molar-refractivity contribution < 1.29 is 31.5 Å². The topological polar surface area (TPSA) is 133 Å². The van der Waals surface area contributed by atoms with Crippen LogP contribution in [0.5, 0.6) is 0 Å². The highest BCUT2D eigenvalue weighted by Gasteiger charge is 2.26. The van der Waals surface area contributed by atoms with Crippen LogP contribution in [0.4, 0.5) is 23.8 Å². The molecule has 0 aliphatic carbocycles. The van der Waals surface area contributed by atoms with E-state index in [1.165, 1.54) is 29.0 Å². The van der Waals surface area contributed by atoms with Crippen molar-refractivity contribution in [3.63, 3.8) is 0 Å². The van der Waals surface area contributed by atoms with Crippen LogP contribution in [0.3, 0.4) is 0 Å². The molecule has 0 unspecified atom stereocenters. The van der Waals surface area contributed by atoms with Crippen LogP contribution in [0.25, 0.3) is 33.7 Å². The number of ether oxygens (including phenoxy) is 1. The zero-order chi connectivity index (χ0) is 31.9. The molecule has 0 radical (unpaired) electrons. The summed E-state index contributed by atoms with van der Waals surface area (Å²) in [6, 6.07) is 9.28. The molecule has 1 amide bonds. The van der Waals surface area contributed by atoms with Crippen LogP contribution < -0.4 is 10.7 Å². The number of nitrogens with zero attached hydrogens (tertiary/aromatic N) is 7. The Morgan fingerprint density at radius 3 is 2.33 bits per heavy atom. The number of oxazole rings is 1. The molecular weight excluding hydrogens is 595 g/mol. The van der Waals surface area contributed by atoms with Crippen LogP contribution in [0.15, 0.2) is 62.4 Å². The van der Waals surface area contributed by atoms with Crippen molar-refractivity contribution >= 4 is 23.0 Å². The van der Waals surface area contributed by atoms with E-state index in [2.05, 4.69) is 20.2 Å². The average molecular weight is 624 g/mol. The standard InChI is InChI=1S/C30H28F3N7O5/c1-30(2,3)45-28(41)39-10-8-38(9-11-39)24-7-5-17(14-35-24)20-12-23-22(13-21(20)31)40(29(42)43-23)16-19-6-4-18(15-34-19)26-36-37-27(44-26)25(32)33/h4-7,12-15,25H,8-11,16H2,1-3H3. The predicted octanol–water partition coefficient (Wildman–Crippen LogP) is 5.28. The molecule has 15 heteroatoms. The monoisotopic (exact) mass is 623 g/mol. The van der Waals surface area contributed by atoms with Crippen LogP contribution in [0, 0.1) is 5.82 Å². The lowest BCUT2D eigenvalue weighted by molar-refractivity contribution is 0.0240. The Kier molecular flexibility index (Phi) is 7.76. The van der Waals surface area contributed by atoms with Crippen molar-refractivity contribution in [2.75, 3.05) is 31.1 Å². The number of anilines is 1. The third kappa shape index (κ3) is 6.37. The summed E-state index contributed by atoms with van der Waals surface area (Å²) >= 11 is 0. The van der Waals surface area contributed by atoms with E-state index >= 15 is 4.39 Å². The highest BCUT2D eigenvalue weighted by atomic mass is 19.3. The van der Waals surface area contributed by atoms with Gasteiger partial charge < -0.3 is 23.4 Å². The maximum absolute atomic E-state index is 15.4. The first kappa shape index (κ1) is 29.8. The van der Waals surface area contributed by atoms with Crippen LogP contribution in [0.1, 0.15) is 38.8 Å². The normalized spacial score (nSPS) is 14.0. The fraction of sp³-hybridized carbons (Fsp3) is 0.333. The summed E-state index contributed by atoms with van der Waals surface area (Å²) < 4.78 is 57.9. The van der Waals surface area contributed by atoms with Gasteiger partial charge in [-0.1, -0.05) is 0 Å². The molecule has 0 N–H and O–H groups in total. The third-order valence-electron chi connectivity index (χ3n) is 7.09. The first-order valence-electron chi connectivity index (χ1n) is 14.0. The third-order valence-corrected chi connectivity index (χ3v) is 7.09. The SMILES string of the molecule is CC(C)(C)OC(=O)N1CCN(c2ccc(-c3cc4oc(=O)n(Cc5ccc(-c6nnc(C(F)F)o6)cn5)c4cc3F)cn2)CC1. The molecule has 1 aliphatic rings. The van der Waals surface area contributed by atoms with E-state index in [1.807, 2.05) is 25.7 Å². The fourth-order valence-corrected chi connectivity index (χ4v) is 4.88. The van der Waals surface area contributed by atoms with Gasteiger partial charge in [-0.2, -0.15) is 8.78 Å². The summed E-state index contributed by atoms with van der Waals surface area (Å²) in [5, 5.41) is 6.88. The maximum Gasteiger partial charge on any atom is 0.420 e. The van der Waals surface area contributed by atoms with Gasteiger partial charge in [-0.15, -0.1) is 10.2 Å². The van der Waals surface area contributed by atoms with Crippen LogP contribution in [0.2, 0.25) is 0 Å². The summed E-state index contributed by atoms with van der Waals surface area (Å²) in [5.74, 6) is -1.51. The van der Waals surface area contributed by atoms with E-state index in [1.54, 1.807) is 29.3 Å². The zero-order valence-electron chi connectivity index (χ0n) is 24.5. The van der Waals surface area contributed by atoms with Gasteiger partial charge in [0.05, 0.1) is 23.3 Å². The summed E-state index contributed by atoms with van der Waals surface area (Å²) in [6.45, 7) is 7.55. The minimum Gasteiger partial charge on any atom is -0.444 e. The second-order valence-corrected chi connectivity index (χ2v) is 11.4. The van der Waals surface area contributed by atoms with E-state index in [0.717, 1.165) is 0 Å². The lowest BCUT2D eigenvalue weighted by Crippen LogP contribution is -2.50. The Bertz CT molecular complexity index is 1890. The lowest BCUT2D eigenvalue weighted by atomic mass is 10.1. The van der Waals surface area contributed by atoms with Gasteiger partial charge in [-0.3, -0.25) is 9.55 Å². The Morgan fingerprint density at radius 2 is 1.71 bits per heavy atom. The molecule has 1 saturated heterocycles. The van der Waals surface area contributed by atoms with E-state index < -0.39 is 29.5 Å². The van der Waals surface area contributed by atoms with Gasteiger partial charge in [-0.05, 0) is 51.1 Å². The lowest BCUT2D eigenvalue weighted by Gasteiger charge is -2.36. The van der Waals surface area contributed by atoms with Gasteiger partial charge in [0.15, 0.2) is 5.58 Å². The number of piperazine rings is 1. The number of halogens is 3. The first-order chi connectivity index (χ1) is 21.4. The molecule has 1 aliphatic heterocycles. The molecule has 0 spiro atoms. The molecular formula is C30H28F3N7O5. The number of hydrogen-bond donors (Lipinski definition) is 0. The molecule has 0 saturated carbocycles. The largest absolute Gasteiger partial charge is 0.444 e. The quantitative estimate of drug-likeness (QED) is 0.246. The number of carbonyl (C=O) groups excluding carboxylic acids is 1. The second-order valence-electron chi connectivity index (χ2n) is 11.4. The number of benzene rings is 1. The van der Waals surface area contributed by atoms with E-state index in [-0.39, 0.29) is 35.2 Å².